The molecule has 0 aliphatic carbocycles. The Bertz CT molecular complexity index is 535. The number of hydrogen-bond donors (Lipinski definition) is 1. The van der Waals surface area contributed by atoms with E-state index in [2.05, 4.69) is 0 Å². The number of sulfonamides is 1. The van der Waals surface area contributed by atoms with E-state index in [1.807, 2.05) is 49.9 Å². The second kappa shape index (κ2) is 3.90. The van der Waals surface area contributed by atoms with E-state index in [0.717, 1.165) is 10.6 Å². The van der Waals surface area contributed by atoms with E-state index in [1.54, 1.807) is 0 Å². The van der Waals surface area contributed by atoms with Gasteiger partial charge in [-0.05, 0) is 32.9 Å². The normalized spacial score (nSPS) is 20.5. The molecule has 0 amide bonds. The van der Waals surface area contributed by atoms with Crippen LogP contribution in [-0.4, -0.2) is 18.7 Å². The predicted molar refractivity (Wildman–Crippen MR) is 71.4 cm³/mol. The van der Waals surface area contributed by atoms with Gasteiger partial charge in [0.05, 0.1) is 5.69 Å². The van der Waals surface area contributed by atoms with Crippen molar-refractivity contribution >= 4 is 27.5 Å². The van der Waals surface area contributed by atoms with E-state index < -0.39 is 14.7 Å². The average Bonchev–Trinajstić information content (AvgIpc) is 2.54. The van der Waals surface area contributed by atoms with Crippen LogP contribution in [0.25, 0.3) is 0 Å². The standard InChI is InChI=1S/C11H16N2O2S2/c1-11(2,3)13-8-6-4-5-7-9(8)16-10(13)17(12,14)15/h4-7,10H,1-3H3,(H2,12,14,15). The molecule has 0 radical (unpaired) electrons. The molecule has 0 spiro atoms. The molecule has 0 fully saturated rings. The number of thioether (sulfide) groups is 1. The summed E-state index contributed by atoms with van der Waals surface area (Å²) in [6.07, 6.45) is 0. The van der Waals surface area contributed by atoms with Gasteiger partial charge < -0.3 is 4.90 Å². The molecule has 1 heterocycles. The van der Waals surface area contributed by atoms with Crippen molar-refractivity contribution in [2.24, 2.45) is 5.14 Å². The largest absolute Gasteiger partial charge is 0.339 e. The molecule has 1 aromatic rings. The first-order valence-corrected chi connectivity index (χ1v) is 7.77. The van der Waals surface area contributed by atoms with Gasteiger partial charge in [-0.2, -0.15) is 0 Å². The van der Waals surface area contributed by atoms with Gasteiger partial charge in [0.2, 0.25) is 10.0 Å². The summed E-state index contributed by atoms with van der Waals surface area (Å²) in [4.78, 5) is 2.82. The Balaban J connectivity index is 2.56. The van der Waals surface area contributed by atoms with Gasteiger partial charge in [0.15, 0.2) is 4.71 Å². The first-order valence-electron chi connectivity index (χ1n) is 5.28. The highest BCUT2D eigenvalue weighted by Gasteiger charge is 2.42. The van der Waals surface area contributed by atoms with Crippen molar-refractivity contribution in [1.29, 1.82) is 0 Å². The van der Waals surface area contributed by atoms with Gasteiger partial charge in [-0.1, -0.05) is 23.9 Å². The van der Waals surface area contributed by atoms with Crippen LogP contribution >= 0.6 is 11.8 Å². The number of rotatable bonds is 1. The molecule has 4 nitrogen and oxygen atoms in total. The molecule has 0 saturated carbocycles. The molecule has 1 aromatic carbocycles. The third-order valence-electron chi connectivity index (χ3n) is 2.57. The fourth-order valence-corrected chi connectivity index (χ4v) is 4.69. The summed E-state index contributed by atoms with van der Waals surface area (Å²) in [5, 5.41) is 5.32. The van der Waals surface area contributed by atoms with Gasteiger partial charge in [-0.15, -0.1) is 0 Å². The average molecular weight is 272 g/mol. The minimum absolute atomic E-state index is 0.295. The number of primary sulfonamides is 1. The van der Waals surface area contributed by atoms with Gasteiger partial charge >= 0.3 is 0 Å². The predicted octanol–water partition coefficient (Wildman–Crippen LogP) is 1.97. The summed E-state index contributed by atoms with van der Waals surface area (Å²) in [6, 6.07) is 7.66. The Morgan fingerprint density at radius 1 is 1.29 bits per heavy atom. The van der Waals surface area contributed by atoms with Gasteiger partial charge in [0, 0.05) is 10.4 Å². The monoisotopic (exact) mass is 272 g/mol. The third-order valence-corrected chi connectivity index (χ3v) is 5.45. The highest BCUT2D eigenvalue weighted by molar-refractivity contribution is 8.13. The molecule has 2 rings (SSSR count). The molecule has 2 N–H and O–H groups in total. The number of fused-ring (bicyclic) bond motifs is 1. The van der Waals surface area contributed by atoms with Crippen molar-refractivity contribution in [1.82, 2.24) is 0 Å². The smallest absolute Gasteiger partial charge is 0.240 e. The minimum atomic E-state index is -3.61. The van der Waals surface area contributed by atoms with Crippen LogP contribution in [0.3, 0.4) is 0 Å². The Morgan fingerprint density at radius 3 is 2.41 bits per heavy atom. The summed E-state index contributed by atoms with van der Waals surface area (Å²) in [5.74, 6) is 0. The molecule has 94 valence electrons. The molecule has 0 aromatic heterocycles. The van der Waals surface area contributed by atoms with Crippen molar-refractivity contribution in [2.75, 3.05) is 4.90 Å². The van der Waals surface area contributed by atoms with E-state index in [-0.39, 0.29) is 5.54 Å². The maximum Gasteiger partial charge on any atom is 0.240 e. The van der Waals surface area contributed by atoms with Gasteiger partial charge in [0.25, 0.3) is 0 Å². The highest BCUT2D eigenvalue weighted by Crippen LogP contribution is 2.47. The van der Waals surface area contributed by atoms with E-state index >= 15 is 0 Å². The van der Waals surface area contributed by atoms with Gasteiger partial charge in [-0.3, -0.25) is 0 Å². The lowest BCUT2D eigenvalue weighted by atomic mass is 10.1. The first kappa shape index (κ1) is 12.7. The highest BCUT2D eigenvalue weighted by atomic mass is 32.3. The van der Waals surface area contributed by atoms with Crippen LogP contribution in [0.4, 0.5) is 5.69 Å². The van der Waals surface area contributed by atoms with Crippen LogP contribution in [-0.2, 0) is 10.0 Å². The minimum Gasteiger partial charge on any atom is -0.339 e. The van der Waals surface area contributed by atoms with Gasteiger partial charge in [0.1, 0.15) is 0 Å². The lowest BCUT2D eigenvalue weighted by Crippen LogP contribution is -2.49. The van der Waals surface area contributed by atoms with Crippen molar-refractivity contribution in [2.45, 2.75) is 35.9 Å². The fraction of sp³-hybridized carbons (Fsp3) is 0.455. The SMILES string of the molecule is CC(C)(C)N1c2ccccc2SC1S(N)(=O)=O. The summed E-state index contributed by atoms with van der Waals surface area (Å²) in [6.45, 7) is 5.94. The fourth-order valence-electron chi connectivity index (χ4n) is 1.92. The van der Waals surface area contributed by atoms with Crippen molar-refractivity contribution < 1.29 is 8.42 Å². The molecular formula is C11H16N2O2S2. The molecule has 1 aliphatic heterocycles. The number of para-hydroxylation sites is 1. The summed E-state index contributed by atoms with van der Waals surface area (Å²) in [5.41, 5.74) is 0.639. The van der Waals surface area contributed by atoms with Crippen LogP contribution in [0.15, 0.2) is 29.2 Å². The number of benzene rings is 1. The molecule has 17 heavy (non-hydrogen) atoms. The van der Waals surface area contributed by atoms with Crippen molar-refractivity contribution in [3.63, 3.8) is 0 Å². The molecule has 6 heteroatoms. The maximum absolute atomic E-state index is 11.7. The van der Waals surface area contributed by atoms with Crippen LogP contribution in [0, 0.1) is 0 Å². The third kappa shape index (κ3) is 2.29. The Hall–Kier alpha value is -0.720. The zero-order valence-electron chi connectivity index (χ0n) is 10.0. The Labute approximate surface area is 106 Å². The zero-order valence-corrected chi connectivity index (χ0v) is 11.7. The van der Waals surface area contributed by atoms with Crippen LogP contribution < -0.4 is 10.0 Å². The van der Waals surface area contributed by atoms with E-state index in [4.69, 9.17) is 5.14 Å². The molecule has 0 bridgehead atoms. The number of nitrogens with zero attached hydrogens (tertiary/aromatic N) is 1. The van der Waals surface area contributed by atoms with Crippen LogP contribution in [0.1, 0.15) is 20.8 Å². The maximum atomic E-state index is 11.7. The van der Waals surface area contributed by atoms with Crippen molar-refractivity contribution in [3.05, 3.63) is 24.3 Å². The molecular weight excluding hydrogens is 256 g/mol. The topological polar surface area (TPSA) is 63.4 Å². The lowest BCUT2D eigenvalue weighted by molar-refractivity contribution is 0.511. The van der Waals surface area contributed by atoms with Crippen LogP contribution in [0.5, 0.6) is 0 Å². The van der Waals surface area contributed by atoms with Gasteiger partial charge in [-0.25, -0.2) is 13.6 Å². The van der Waals surface area contributed by atoms with E-state index in [1.165, 1.54) is 11.8 Å². The number of nitrogens with two attached hydrogens (primary N) is 1. The molecule has 1 aliphatic rings. The van der Waals surface area contributed by atoms with E-state index in [9.17, 15) is 8.42 Å². The Kier molecular flexibility index (Phi) is 2.92. The Morgan fingerprint density at radius 2 is 1.88 bits per heavy atom. The summed E-state index contributed by atoms with van der Waals surface area (Å²) in [7, 11) is -3.61. The van der Waals surface area contributed by atoms with Crippen LogP contribution in [0.2, 0.25) is 0 Å². The summed E-state index contributed by atoms with van der Waals surface area (Å²) >= 11 is 1.29. The second-order valence-electron chi connectivity index (χ2n) is 5.02. The quantitative estimate of drug-likeness (QED) is 0.849. The summed E-state index contributed by atoms with van der Waals surface area (Å²) < 4.78 is 22.6. The lowest BCUT2D eigenvalue weighted by Gasteiger charge is -2.37. The number of anilines is 1. The number of hydrogen-bond acceptors (Lipinski definition) is 4. The van der Waals surface area contributed by atoms with E-state index in [0.29, 0.717) is 0 Å². The molecule has 1 unspecified atom stereocenters. The van der Waals surface area contributed by atoms with Crippen molar-refractivity contribution in [3.8, 4) is 0 Å². The first-order chi connectivity index (χ1) is 7.71. The molecule has 1 atom stereocenters. The zero-order chi connectivity index (χ0) is 12.8. The molecule has 0 saturated heterocycles. The second-order valence-corrected chi connectivity index (χ2v) is 8.07.